The van der Waals surface area contributed by atoms with Gasteiger partial charge in [-0.2, -0.15) is 5.10 Å². The van der Waals surface area contributed by atoms with E-state index in [9.17, 15) is 8.78 Å². The van der Waals surface area contributed by atoms with E-state index in [2.05, 4.69) is 22.4 Å². The van der Waals surface area contributed by atoms with Crippen molar-refractivity contribution in [1.29, 1.82) is 0 Å². The summed E-state index contributed by atoms with van der Waals surface area (Å²) < 4.78 is 26.6. The van der Waals surface area contributed by atoms with E-state index >= 15 is 0 Å². The van der Waals surface area contributed by atoms with Crippen LogP contribution in [-0.2, 0) is 6.54 Å². The minimum atomic E-state index is -0.476. The molecule has 1 aromatic carbocycles. The first kappa shape index (κ1) is 12.7. The number of hydrogen-bond acceptors (Lipinski definition) is 2. The summed E-state index contributed by atoms with van der Waals surface area (Å²) in [5.74, 6) is -0.948. The number of nitrogens with one attached hydrogen (secondary N) is 2. The molecule has 0 saturated carbocycles. The molecule has 0 amide bonds. The van der Waals surface area contributed by atoms with Crippen LogP contribution in [0.2, 0.25) is 0 Å². The molecule has 2 rings (SSSR count). The van der Waals surface area contributed by atoms with E-state index in [4.69, 9.17) is 0 Å². The third-order valence-corrected chi connectivity index (χ3v) is 2.58. The van der Waals surface area contributed by atoms with Gasteiger partial charge in [-0.05, 0) is 37.2 Å². The molecule has 0 atom stereocenters. The summed E-state index contributed by atoms with van der Waals surface area (Å²) >= 11 is 0. The van der Waals surface area contributed by atoms with Crippen LogP contribution in [0.3, 0.4) is 0 Å². The van der Waals surface area contributed by atoms with Crippen molar-refractivity contribution >= 4 is 0 Å². The van der Waals surface area contributed by atoms with Crippen LogP contribution in [-0.4, -0.2) is 16.7 Å². The van der Waals surface area contributed by atoms with Gasteiger partial charge in [-0.25, -0.2) is 8.78 Å². The van der Waals surface area contributed by atoms with Gasteiger partial charge in [-0.1, -0.05) is 6.92 Å². The Morgan fingerprint density at radius 3 is 2.89 bits per heavy atom. The Hall–Kier alpha value is -1.75. The van der Waals surface area contributed by atoms with Crippen molar-refractivity contribution in [3.63, 3.8) is 0 Å². The highest BCUT2D eigenvalue weighted by Gasteiger charge is 2.10. The predicted octanol–water partition coefficient (Wildman–Crippen LogP) is 2.85. The van der Waals surface area contributed by atoms with Crippen molar-refractivity contribution < 1.29 is 8.78 Å². The maximum Gasteiger partial charge on any atom is 0.132 e. The highest BCUT2D eigenvalue weighted by atomic mass is 19.1. The fourth-order valence-corrected chi connectivity index (χ4v) is 1.68. The van der Waals surface area contributed by atoms with Gasteiger partial charge in [0, 0.05) is 17.8 Å². The summed E-state index contributed by atoms with van der Waals surface area (Å²) in [5, 5.41) is 10.0. The Balaban J connectivity index is 2.16. The van der Waals surface area contributed by atoms with Crippen LogP contribution in [0.1, 0.15) is 19.0 Å². The first-order chi connectivity index (χ1) is 8.70. The van der Waals surface area contributed by atoms with Crippen LogP contribution < -0.4 is 5.32 Å². The molecule has 0 aliphatic rings. The van der Waals surface area contributed by atoms with Crippen LogP contribution in [0.5, 0.6) is 0 Å². The third-order valence-electron chi connectivity index (χ3n) is 2.58. The summed E-state index contributed by atoms with van der Waals surface area (Å²) in [6.07, 6.45) is 1.04. The van der Waals surface area contributed by atoms with Crippen molar-refractivity contribution in [2.75, 3.05) is 6.54 Å². The molecule has 0 spiro atoms. The number of halogens is 2. The van der Waals surface area contributed by atoms with E-state index in [0.29, 0.717) is 12.2 Å². The van der Waals surface area contributed by atoms with Crippen LogP contribution in [0.4, 0.5) is 8.78 Å². The lowest BCUT2D eigenvalue weighted by molar-refractivity contribution is 0.602. The molecule has 0 saturated heterocycles. The minimum Gasteiger partial charge on any atom is -0.311 e. The zero-order chi connectivity index (χ0) is 13.0. The highest BCUT2D eigenvalue weighted by Crippen LogP contribution is 2.22. The van der Waals surface area contributed by atoms with Crippen molar-refractivity contribution in [3.05, 3.63) is 41.6 Å². The molecule has 2 N–H and O–H groups in total. The van der Waals surface area contributed by atoms with Gasteiger partial charge in [0.05, 0.1) is 5.69 Å². The standard InChI is InChI=1S/C13H15F2N3/c1-2-5-16-8-10-7-13(18-17-10)11-6-9(14)3-4-12(11)15/h3-4,6-7,16H,2,5,8H2,1H3,(H,17,18). The summed E-state index contributed by atoms with van der Waals surface area (Å²) in [4.78, 5) is 0. The Morgan fingerprint density at radius 1 is 1.28 bits per heavy atom. The monoisotopic (exact) mass is 251 g/mol. The van der Waals surface area contributed by atoms with Crippen LogP contribution >= 0.6 is 0 Å². The Labute approximate surface area is 104 Å². The summed E-state index contributed by atoms with van der Waals surface area (Å²) in [5.41, 5.74) is 1.44. The first-order valence-electron chi connectivity index (χ1n) is 5.91. The molecular formula is C13H15F2N3. The molecule has 18 heavy (non-hydrogen) atoms. The fourth-order valence-electron chi connectivity index (χ4n) is 1.68. The molecular weight excluding hydrogens is 236 g/mol. The second kappa shape index (κ2) is 5.73. The number of H-pyrrole nitrogens is 1. The molecule has 2 aromatic rings. The first-order valence-corrected chi connectivity index (χ1v) is 5.91. The van der Waals surface area contributed by atoms with E-state index in [-0.39, 0.29) is 5.56 Å². The number of aromatic nitrogens is 2. The van der Waals surface area contributed by atoms with E-state index in [0.717, 1.165) is 36.9 Å². The Kier molecular flexibility index (Phi) is 4.04. The number of benzene rings is 1. The number of nitrogens with zero attached hydrogens (tertiary/aromatic N) is 1. The minimum absolute atomic E-state index is 0.174. The smallest absolute Gasteiger partial charge is 0.132 e. The lowest BCUT2D eigenvalue weighted by Crippen LogP contribution is -2.13. The number of rotatable bonds is 5. The Bertz CT molecular complexity index is 523. The molecule has 1 aromatic heterocycles. The summed E-state index contributed by atoms with van der Waals surface area (Å²) in [6, 6.07) is 5.07. The van der Waals surface area contributed by atoms with Crippen molar-refractivity contribution in [2.45, 2.75) is 19.9 Å². The van der Waals surface area contributed by atoms with Gasteiger partial charge in [-0.3, -0.25) is 5.10 Å². The van der Waals surface area contributed by atoms with Crippen molar-refractivity contribution in [1.82, 2.24) is 15.5 Å². The molecule has 0 aliphatic heterocycles. The van der Waals surface area contributed by atoms with Gasteiger partial charge in [0.25, 0.3) is 0 Å². The molecule has 5 heteroatoms. The van der Waals surface area contributed by atoms with Gasteiger partial charge in [0.2, 0.25) is 0 Å². The molecule has 0 bridgehead atoms. The van der Waals surface area contributed by atoms with Gasteiger partial charge >= 0.3 is 0 Å². The fraction of sp³-hybridized carbons (Fsp3) is 0.308. The molecule has 0 radical (unpaired) electrons. The van der Waals surface area contributed by atoms with Gasteiger partial charge in [0.15, 0.2) is 0 Å². The van der Waals surface area contributed by atoms with E-state index in [1.54, 1.807) is 6.07 Å². The average molecular weight is 251 g/mol. The van der Waals surface area contributed by atoms with E-state index in [1.165, 1.54) is 0 Å². The predicted molar refractivity (Wildman–Crippen MR) is 65.9 cm³/mol. The molecule has 96 valence electrons. The largest absolute Gasteiger partial charge is 0.311 e. The molecule has 0 aliphatic carbocycles. The normalized spacial score (nSPS) is 10.8. The lowest BCUT2D eigenvalue weighted by Gasteiger charge is -1.99. The molecule has 0 fully saturated rings. The number of hydrogen-bond donors (Lipinski definition) is 2. The zero-order valence-corrected chi connectivity index (χ0v) is 10.1. The topological polar surface area (TPSA) is 40.7 Å². The van der Waals surface area contributed by atoms with Gasteiger partial charge in [-0.15, -0.1) is 0 Å². The lowest BCUT2D eigenvalue weighted by atomic mass is 10.1. The quantitative estimate of drug-likeness (QED) is 0.802. The van der Waals surface area contributed by atoms with Crippen LogP contribution in [0, 0.1) is 11.6 Å². The van der Waals surface area contributed by atoms with Crippen LogP contribution in [0.25, 0.3) is 11.3 Å². The van der Waals surface area contributed by atoms with E-state index < -0.39 is 11.6 Å². The average Bonchev–Trinajstić information content (AvgIpc) is 2.81. The highest BCUT2D eigenvalue weighted by molar-refractivity contribution is 5.60. The molecule has 3 nitrogen and oxygen atoms in total. The summed E-state index contributed by atoms with van der Waals surface area (Å²) in [7, 11) is 0. The van der Waals surface area contributed by atoms with Crippen molar-refractivity contribution in [2.24, 2.45) is 0 Å². The SMILES string of the molecule is CCCNCc1cc(-c2cc(F)ccc2F)n[nH]1. The van der Waals surface area contributed by atoms with Crippen LogP contribution in [0.15, 0.2) is 24.3 Å². The van der Waals surface area contributed by atoms with E-state index in [1.807, 2.05) is 0 Å². The van der Waals surface area contributed by atoms with Gasteiger partial charge < -0.3 is 5.32 Å². The summed E-state index contributed by atoms with van der Waals surface area (Å²) in [6.45, 7) is 3.62. The third kappa shape index (κ3) is 2.92. The maximum atomic E-state index is 13.5. The second-order valence-electron chi connectivity index (χ2n) is 4.08. The number of aromatic amines is 1. The Morgan fingerprint density at radius 2 is 2.11 bits per heavy atom. The second-order valence-corrected chi connectivity index (χ2v) is 4.08. The zero-order valence-electron chi connectivity index (χ0n) is 10.1. The molecule has 0 unspecified atom stereocenters. The molecule has 1 heterocycles. The van der Waals surface area contributed by atoms with Gasteiger partial charge in [0.1, 0.15) is 11.6 Å². The maximum absolute atomic E-state index is 13.5. The van der Waals surface area contributed by atoms with Crippen molar-refractivity contribution in [3.8, 4) is 11.3 Å².